The fraction of sp³-hybridized carbons (Fsp3) is 0.389. The third-order valence-corrected chi connectivity index (χ3v) is 9.29. The van der Waals surface area contributed by atoms with Crippen LogP contribution in [0, 0.1) is 0 Å². The summed E-state index contributed by atoms with van der Waals surface area (Å²) >= 11 is 1.45. The molecule has 0 fully saturated rings. The van der Waals surface area contributed by atoms with E-state index in [2.05, 4.69) is 33.9 Å². The van der Waals surface area contributed by atoms with E-state index in [1.807, 2.05) is 47.8 Å². The van der Waals surface area contributed by atoms with Crippen LogP contribution in [0.5, 0.6) is 0 Å². The molecule has 0 radical (unpaired) electrons. The predicted molar refractivity (Wildman–Crippen MR) is 102 cm³/mol. The normalized spacial score (nSPS) is 12.0. The first-order chi connectivity index (χ1) is 11.2. The fourth-order valence-electron chi connectivity index (χ4n) is 1.70. The van der Waals surface area contributed by atoms with Gasteiger partial charge in [-0.3, -0.25) is 0 Å². The molecule has 1 heterocycles. The molecule has 2 rings (SSSR count). The van der Waals surface area contributed by atoms with Crippen molar-refractivity contribution in [3.05, 3.63) is 53.4 Å². The molecule has 24 heavy (non-hydrogen) atoms. The Labute approximate surface area is 149 Å². The van der Waals surface area contributed by atoms with Crippen LogP contribution < -0.4 is 5.06 Å². The Bertz CT molecular complexity index is 651. The Balaban J connectivity index is 2.13. The number of carbonyl (C=O) groups excluding carboxylic acids is 1. The summed E-state index contributed by atoms with van der Waals surface area (Å²) in [7, 11) is -2.16. The van der Waals surface area contributed by atoms with Crippen molar-refractivity contribution in [1.82, 2.24) is 0 Å². The summed E-state index contributed by atoms with van der Waals surface area (Å²) in [6.45, 7) is 10.9. The van der Waals surface area contributed by atoms with Gasteiger partial charge in [0.25, 0.3) is 0 Å². The first-order valence-electron chi connectivity index (χ1n) is 7.94. The molecule has 130 valence electrons. The third kappa shape index (κ3) is 4.69. The minimum absolute atomic E-state index is 0.0117. The third-order valence-electron chi connectivity index (χ3n) is 4.20. The first kappa shape index (κ1) is 18.7. The van der Waals surface area contributed by atoms with Gasteiger partial charge in [-0.05, 0) is 41.2 Å². The average molecular weight is 364 g/mol. The van der Waals surface area contributed by atoms with Gasteiger partial charge in [0.05, 0.1) is 0 Å². The van der Waals surface area contributed by atoms with Gasteiger partial charge < -0.3 is 9.26 Å². The summed E-state index contributed by atoms with van der Waals surface area (Å²) in [5.74, 6) is 0. The summed E-state index contributed by atoms with van der Waals surface area (Å²) in [6, 6.07) is 13.4. The van der Waals surface area contributed by atoms with Gasteiger partial charge in [-0.2, -0.15) is 5.06 Å². The van der Waals surface area contributed by atoms with Crippen LogP contribution >= 0.6 is 11.3 Å². The summed E-state index contributed by atoms with van der Waals surface area (Å²) in [5.41, 5.74) is 0.948. The summed E-state index contributed by atoms with van der Waals surface area (Å²) in [4.78, 5) is 12.6. The van der Waals surface area contributed by atoms with E-state index in [4.69, 9.17) is 9.26 Å². The number of anilines is 1. The van der Waals surface area contributed by atoms with E-state index in [-0.39, 0.29) is 11.6 Å². The highest BCUT2D eigenvalue weighted by Gasteiger charge is 2.41. The molecule has 0 spiro atoms. The van der Waals surface area contributed by atoms with Gasteiger partial charge in [-0.1, -0.05) is 51.1 Å². The highest BCUT2D eigenvalue weighted by molar-refractivity contribution is 7.14. The van der Waals surface area contributed by atoms with Gasteiger partial charge in [0.15, 0.2) is 0 Å². The van der Waals surface area contributed by atoms with Crippen molar-refractivity contribution in [3.63, 3.8) is 0 Å². The fourth-order valence-corrected chi connectivity index (χ4v) is 3.33. The van der Waals surface area contributed by atoms with Gasteiger partial charge in [0.1, 0.15) is 11.6 Å². The van der Waals surface area contributed by atoms with Gasteiger partial charge in [0, 0.05) is 0 Å². The number of benzene rings is 1. The van der Waals surface area contributed by atoms with Crippen molar-refractivity contribution in [1.29, 1.82) is 0 Å². The number of hydroxylamine groups is 1. The molecular formula is C18H25NO3SSi. The second-order valence-corrected chi connectivity index (χ2v) is 12.8. The van der Waals surface area contributed by atoms with Gasteiger partial charge in [-0.25, -0.2) is 4.79 Å². The Morgan fingerprint density at radius 2 is 1.79 bits per heavy atom. The van der Waals surface area contributed by atoms with Crippen molar-refractivity contribution in [2.75, 3.05) is 5.06 Å². The van der Waals surface area contributed by atoms with Gasteiger partial charge in [-0.15, -0.1) is 11.3 Å². The SMILES string of the molecule is CC(C)(C)[Si](C)(C)ON(C(=O)OCc1ccccc1)c1cccs1. The maximum Gasteiger partial charge on any atom is 0.438 e. The second kappa shape index (κ2) is 7.50. The largest absolute Gasteiger partial charge is 0.443 e. The zero-order chi connectivity index (χ0) is 17.8. The van der Waals surface area contributed by atoms with Crippen molar-refractivity contribution >= 4 is 30.7 Å². The van der Waals surface area contributed by atoms with E-state index in [9.17, 15) is 4.79 Å². The molecule has 0 aliphatic carbocycles. The zero-order valence-corrected chi connectivity index (χ0v) is 16.7. The van der Waals surface area contributed by atoms with Crippen LogP contribution in [0.25, 0.3) is 0 Å². The molecule has 0 N–H and O–H groups in total. The average Bonchev–Trinajstić information content (AvgIpc) is 3.04. The number of nitrogens with zero attached hydrogens (tertiary/aromatic N) is 1. The first-order valence-corrected chi connectivity index (χ1v) is 11.7. The highest BCUT2D eigenvalue weighted by atomic mass is 32.1. The standard InChI is InChI=1S/C18H25NO3SSi/c1-18(2,3)24(4,5)22-19(16-12-9-13-23-16)17(20)21-14-15-10-7-6-8-11-15/h6-13H,14H2,1-5H3. The van der Waals surface area contributed by atoms with Gasteiger partial charge in [0.2, 0.25) is 8.32 Å². The molecule has 4 nitrogen and oxygen atoms in total. The molecule has 2 aromatic rings. The number of hydrogen-bond acceptors (Lipinski definition) is 4. The number of ether oxygens (including phenoxy) is 1. The van der Waals surface area contributed by atoms with E-state index >= 15 is 0 Å². The quantitative estimate of drug-likeness (QED) is 0.496. The minimum atomic E-state index is -2.16. The number of hydrogen-bond donors (Lipinski definition) is 0. The number of thiophene rings is 1. The Hall–Kier alpha value is -1.63. The van der Waals surface area contributed by atoms with Crippen LogP contribution in [0.15, 0.2) is 47.8 Å². The summed E-state index contributed by atoms with van der Waals surface area (Å²) < 4.78 is 11.7. The van der Waals surface area contributed by atoms with Crippen molar-refractivity contribution in [2.45, 2.75) is 45.5 Å². The smallest absolute Gasteiger partial charge is 0.438 e. The maximum absolute atomic E-state index is 12.6. The lowest BCUT2D eigenvalue weighted by Crippen LogP contribution is -2.48. The van der Waals surface area contributed by atoms with E-state index < -0.39 is 14.4 Å². The van der Waals surface area contributed by atoms with E-state index in [0.717, 1.165) is 10.6 Å². The minimum Gasteiger partial charge on any atom is -0.443 e. The summed E-state index contributed by atoms with van der Waals surface area (Å²) in [6.07, 6.45) is -0.480. The topological polar surface area (TPSA) is 38.8 Å². The van der Waals surface area contributed by atoms with Crippen LogP contribution in [-0.4, -0.2) is 14.4 Å². The van der Waals surface area contributed by atoms with Crippen LogP contribution in [0.3, 0.4) is 0 Å². The molecule has 0 unspecified atom stereocenters. The maximum atomic E-state index is 12.6. The zero-order valence-electron chi connectivity index (χ0n) is 14.9. The van der Waals surface area contributed by atoms with Crippen LogP contribution in [-0.2, 0) is 15.9 Å². The molecule has 1 aromatic carbocycles. The number of amides is 1. The van der Waals surface area contributed by atoms with Crippen molar-refractivity contribution in [2.24, 2.45) is 0 Å². The molecule has 0 saturated heterocycles. The molecule has 0 saturated carbocycles. The molecule has 0 bridgehead atoms. The molecule has 6 heteroatoms. The Morgan fingerprint density at radius 1 is 1.12 bits per heavy atom. The van der Waals surface area contributed by atoms with Crippen molar-refractivity contribution < 1.29 is 14.1 Å². The lowest BCUT2D eigenvalue weighted by atomic mass is 10.2. The monoisotopic (exact) mass is 363 g/mol. The van der Waals surface area contributed by atoms with E-state index in [1.54, 1.807) is 0 Å². The molecule has 0 aliphatic rings. The molecule has 0 atom stereocenters. The van der Waals surface area contributed by atoms with E-state index in [0.29, 0.717) is 0 Å². The molecular weight excluding hydrogens is 338 g/mol. The molecule has 0 aliphatic heterocycles. The predicted octanol–water partition coefficient (Wildman–Crippen LogP) is 5.83. The Morgan fingerprint density at radius 3 is 2.33 bits per heavy atom. The van der Waals surface area contributed by atoms with Gasteiger partial charge >= 0.3 is 6.09 Å². The van der Waals surface area contributed by atoms with Crippen LogP contribution in [0.4, 0.5) is 9.80 Å². The van der Waals surface area contributed by atoms with E-state index in [1.165, 1.54) is 16.4 Å². The Kier molecular flexibility index (Phi) is 5.85. The highest BCUT2D eigenvalue weighted by Crippen LogP contribution is 2.38. The van der Waals surface area contributed by atoms with Crippen LogP contribution in [0.2, 0.25) is 18.1 Å². The van der Waals surface area contributed by atoms with Crippen LogP contribution in [0.1, 0.15) is 26.3 Å². The number of rotatable bonds is 5. The lowest BCUT2D eigenvalue weighted by molar-refractivity contribution is 0.117. The summed E-state index contributed by atoms with van der Waals surface area (Å²) in [5, 5.41) is 3.97. The molecule has 1 amide bonds. The second-order valence-electron chi connectivity index (χ2n) is 7.14. The number of carbonyl (C=O) groups is 1. The lowest BCUT2D eigenvalue weighted by Gasteiger charge is -2.38. The van der Waals surface area contributed by atoms with Crippen molar-refractivity contribution in [3.8, 4) is 0 Å². The molecule has 1 aromatic heterocycles.